The van der Waals surface area contributed by atoms with Crippen molar-refractivity contribution >= 4 is 33.5 Å². The van der Waals surface area contributed by atoms with Crippen molar-refractivity contribution in [1.29, 1.82) is 0 Å². The highest BCUT2D eigenvalue weighted by atomic mass is 79.9. The largest absolute Gasteiger partial charge is 0.550 e. The van der Waals surface area contributed by atoms with Crippen LogP contribution in [-0.2, 0) is 16.1 Å². The molecule has 0 heterocycles. The molecule has 0 bridgehead atoms. The summed E-state index contributed by atoms with van der Waals surface area (Å²) in [5.41, 5.74) is 1.62. The molecule has 0 fully saturated rings. The van der Waals surface area contributed by atoms with Gasteiger partial charge < -0.3 is 20.5 Å². The number of rotatable bonds is 7. The number of carbonyl (C=O) groups excluding carboxylic acids is 2. The van der Waals surface area contributed by atoms with Crippen LogP contribution in [0.5, 0.6) is 0 Å². The molecular formula is C17H17BrN2O3. The van der Waals surface area contributed by atoms with Gasteiger partial charge in [0.05, 0.1) is 5.69 Å². The van der Waals surface area contributed by atoms with Crippen LogP contribution in [0.25, 0.3) is 0 Å². The molecule has 0 saturated heterocycles. The fourth-order valence-electron chi connectivity index (χ4n) is 2.14. The number of para-hydroxylation sites is 1. The fourth-order valence-corrected chi connectivity index (χ4v) is 2.53. The van der Waals surface area contributed by atoms with Crippen LogP contribution in [0.4, 0.5) is 5.69 Å². The Hall–Kier alpha value is -2.18. The van der Waals surface area contributed by atoms with Crippen molar-refractivity contribution in [3.8, 4) is 0 Å². The first-order chi connectivity index (χ1) is 11.1. The zero-order valence-electron chi connectivity index (χ0n) is 12.4. The van der Waals surface area contributed by atoms with Crippen molar-refractivity contribution < 1.29 is 20.0 Å². The molecule has 5 nitrogen and oxygen atoms in total. The molecule has 23 heavy (non-hydrogen) atoms. The minimum absolute atomic E-state index is 0.344. The predicted molar refractivity (Wildman–Crippen MR) is 88.3 cm³/mol. The molecule has 2 aromatic carbocycles. The molecule has 2 aromatic rings. The Morgan fingerprint density at radius 3 is 2.39 bits per heavy atom. The molecule has 1 atom stereocenters. The van der Waals surface area contributed by atoms with Crippen molar-refractivity contribution in [3.05, 3.63) is 64.6 Å². The number of hydrogen-bond acceptors (Lipinski definition) is 3. The average Bonchev–Trinajstić information content (AvgIpc) is 2.54. The van der Waals surface area contributed by atoms with E-state index in [0.717, 1.165) is 10.0 Å². The van der Waals surface area contributed by atoms with E-state index in [1.54, 1.807) is 23.5 Å². The minimum Gasteiger partial charge on any atom is -0.550 e. The number of nitrogens with one attached hydrogen (secondary N) is 1. The zero-order chi connectivity index (χ0) is 16.7. The molecule has 0 saturated carbocycles. The monoisotopic (exact) mass is 376 g/mol. The summed E-state index contributed by atoms with van der Waals surface area (Å²) in [6.07, 6.45) is -0.344. The number of hydrogen-bond donors (Lipinski definition) is 2. The van der Waals surface area contributed by atoms with Gasteiger partial charge in [0.15, 0.2) is 6.04 Å². The van der Waals surface area contributed by atoms with E-state index < -0.39 is 12.0 Å². The third-order valence-corrected chi connectivity index (χ3v) is 4.03. The molecule has 0 aliphatic heterocycles. The summed E-state index contributed by atoms with van der Waals surface area (Å²) in [5, 5.41) is 15.4. The molecule has 0 spiro atoms. The Kier molecular flexibility index (Phi) is 6.31. The standard InChI is InChI=1S/C17H17BrN2O3/c18-13-8-4-5-9-14(13)20-17(23)15(10-16(21)22)19-11-12-6-2-1-3-7-12/h1-9,15,19H,10-11H2,(H,20,23)(H,21,22)/t15-/m0/s1. The topological polar surface area (TPSA) is 85.8 Å². The normalized spacial score (nSPS) is 11.7. The van der Waals surface area contributed by atoms with Crippen LogP contribution in [0.15, 0.2) is 59.1 Å². The molecule has 2 rings (SSSR count). The molecule has 6 heteroatoms. The van der Waals surface area contributed by atoms with Gasteiger partial charge in [-0.3, -0.25) is 4.79 Å². The molecule has 0 unspecified atom stereocenters. The summed E-state index contributed by atoms with van der Waals surface area (Å²) < 4.78 is 0.739. The summed E-state index contributed by atoms with van der Waals surface area (Å²) >= 11 is 3.35. The van der Waals surface area contributed by atoms with Gasteiger partial charge in [-0.15, -0.1) is 0 Å². The number of quaternary nitrogens is 1. The SMILES string of the molecule is O=C([O-])C[C@H]([NH2+]Cc1ccccc1)C(=O)Nc1ccccc1Br. The Balaban J connectivity index is 2.03. The van der Waals surface area contributed by atoms with E-state index in [0.29, 0.717) is 12.2 Å². The van der Waals surface area contributed by atoms with Gasteiger partial charge in [-0.1, -0.05) is 42.5 Å². The number of carboxylic acid groups (broad SMARTS) is 1. The molecule has 120 valence electrons. The number of halogens is 1. The number of amides is 1. The van der Waals surface area contributed by atoms with Gasteiger partial charge in [-0.05, 0) is 28.1 Å². The molecule has 0 aliphatic rings. The lowest BCUT2D eigenvalue weighted by Crippen LogP contribution is -2.91. The van der Waals surface area contributed by atoms with Gasteiger partial charge in [0.1, 0.15) is 6.54 Å². The van der Waals surface area contributed by atoms with Crippen molar-refractivity contribution in [2.75, 3.05) is 5.32 Å². The first-order valence-corrected chi connectivity index (χ1v) is 7.98. The van der Waals surface area contributed by atoms with Crippen LogP contribution in [0.2, 0.25) is 0 Å². The maximum Gasteiger partial charge on any atom is 0.283 e. The van der Waals surface area contributed by atoms with E-state index in [-0.39, 0.29) is 12.3 Å². The van der Waals surface area contributed by atoms with Crippen LogP contribution in [0, 0.1) is 0 Å². The molecule has 0 aromatic heterocycles. The van der Waals surface area contributed by atoms with Crippen molar-refractivity contribution in [3.63, 3.8) is 0 Å². The lowest BCUT2D eigenvalue weighted by molar-refractivity contribution is -0.691. The summed E-state index contributed by atoms with van der Waals surface area (Å²) in [7, 11) is 0. The number of anilines is 1. The smallest absolute Gasteiger partial charge is 0.283 e. The minimum atomic E-state index is -1.25. The Bertz CT molecular complexity index is 677. The quantitative estimate of drug-likeness (QED) is 0.744. The number of benzene rings is 2. The molecule has 0 aliphatic carbocycles. The van der Waals surface area contributed by atoms with Crippen LogP contribution >= 0.6 is 15.9 Å². The molecule has 0 radical (unpaired) electrons. The van der Waals surface area contributed by atoms with Crippen LogP contribution in [0.3, 0.4) is 0 Å². The first-order valence-electron chi connectivity index (χ1n) is 7.19. The highest BCUT2D eigenvalue weighted by Gasteiger charge is 2.22. The second-order valence-electron chi connectivity index (χ2n) is 5.08. The first kappa shape index (κ1) is 17.2. The predicted octanol–water partition coefficient (Wildman–Crippen LogP) is 0.660. The van der Waals surface area contributed by atoms with E-state index in [1.165, 1.54) is 0 Å². The summed E-state index contributed by atoms with van der Waals surface area (Å²) in [4.78, 5) is 23.3. The van der Waals surface area contributed by atoms with E-state index in [9.17, 15) is 14.7 Å². The van der Waals surface area contributed by atoms with Gasteiger partial charge in [0.25, 0.3) is 5.91 Å². The highest BCUT2D eigenvalue weighted by molar-refractivity contribution is 9.10. The number of carbonyl (C=O) groups is 2. The third-order valence-electron chi connectivity index (χ3n) is 3.34. The third kappa shape index (κ3) is 5.50. The Morgan fingerprint density at radius 1 is 1.09 bits per heavy atom. The number of aliphatic carboxylic acids is 1. The molecular weight excluding hydrogens is 360 g/mol. The van der Waals surface area contributed by atoms with Crippen molar-refractivity contribution in [2.24, 2.45) is 0 Å². The summed E-state index contributed by atoms with van der Waals surface area (Å²) in [6, 6.07) is 16.0. The lowest BCUT2D eigenvalue weighted by Gasteiger charge is -2.16. The fraction of sp³-hybridized carbons (Fsp3) is 0.176. The zero-order valence-corrected chi connectivity index (χ0v) is 14.0. The Morgan fingerprint density at radius 2 is 1.74 bits per heavy atom. The van der Waals surface area contributed by atoms with Crippen LogP contribution in [0.1, 0.15) is 12.0 Å². The van der Waals surface area contributed by atoms with Gasteiger partial charge in [-0.25, -0.2) is 0 Å². The average molecular weight is 377 g/mol. The second-order valence-corrected chi connectivity index (χ2v) is 5.93. The van der Waals surface area contributed by atoms with E-state index >= 15 is 0 Å². The van der Waals surface area contributed by atoms with E-state index in [4.69, 9.17) is 0 Å². The van der Waals surface area contributed by atoms with Gasteiger partial charge in [0, 0.05) is 22.4 Å². The second kappa shape index (κ2) is 8.45. The Labute approximate surface area is 142 Å². The van der Waals surface area contributed by atoms with Crippen LogP contribution in [-0.4, -0.2) is 17.9 Å². The van der Waals surface area contributed by atoms with Gasteiger partial charge in [-0.2, -0.15) is 0 Å². The highest BCUT2D eigenvalue weighted by Crippen LogP contribution is 2.21. The summed E-state index contributed by atoms with van der Waals surface area (Å²) in [6.45, 7) is 0.516. The summed E-state index contributed by atoms with van der Waals surface area (Å²) in [5.74, 6) is -1.61. The van der Waals surface area contributed by atoms with Crippen molar-refractivity contribution in [1.82, 2.24) is 0 Å². The van der Waals surface area contributed by atoms with Crippen LogP contribution < -0.4 is 15.7 Å². The maximum absolute atomic E-state index is 12.4. The maximum atomic E-state index is 12.4. The molecule has 3 N–H and O–H groups in total. The van der Waals surface area contributed by atoms with E-state index in [1.807, 2.05) is 36.4 Å². The molecule has 1 amide bonds. The lowest BCUT2D eigenvalue weighted by atomic mass is 10.1. The van der Waals surface area contributed by atoms with Gasteiger partial charge in [0.2, 0.25) is 0 Å². The van der Waals surface area contributed by atoms with Gasteiger partial charge >= 0.3 is 0 Å². The van der Waals surface area contributed by atoms with E-state index in [2.05, 4.69) is 21.2 Å². The number of nitrogens with two attached hydrogens (primary N) is 1. The van der Waals surface area contributed by atoms with Crippen molar-refractivity contribution in [2.45, 2.75) is 19.0 Å². The number of carboxylic acids is 1.